The van der Waals surface area contributed by atoms with Crippen molar-refractivity contribution in [2.24, 2.45) is 10.8 Å². The standard InChI is InChI=1S/C31H37.C15H8F6.C5H5.Zr/c1-28(2,3)26-16-30(7,8)24-12-18-11-19-13-25-23(15-21(19)20(18)14-22(24)26)27(29(4,5)6)17-31(25,9)10;16-14(17,18)12-5-1-3-10(8-12)7-11-4-2-6-13(9-11)15(19,20)21;1-2-4-5-3-1;/h11-17H,1-10H3;1-6,8-9H;1-3H,4H2;/q-1;;-1;+2. The summed E-state index contributed by atoms with van der Waals surface area (Å²) in [6, 6.07) is 21.5. The molecule has 3 aliphatic carbocycles. The van der Waals surface area contributed by atoms with Crippen LogP contribution in [0.2, 0.25) is 0 Å². The first-order valence-corrected chi connectivity index (χ1v) is 20.8. The van der Waals surface area contributed by atoms with Crippen LogP contribution in [0.15, 0.2) is 109 Å². The quantitative estimate of drug-likeness (QED) is 0.122. The molecular weight excluding hydrogens is 818 g/mol. The Hall–Kier alpha value is -3.96. The van der Waals surface area contributed by atoms with Gasteiger partial charge in [0.15, 0.2) is 0 Å². The second-order valence-corrected chi connectivity index (χ2v) is 19.9. The zero-order chi connectivity index (χ0) is 42.8. The third-order valence-electron chi connectivity index (χ3n) is 11.1. The van der Waals surface area contributed by atoms with E-state index >= 15 is 0 Å². The second-order valence-electron chi connectivity index (χ2n) is 18.7. The van der Waals surface area contributed by atoms with Gasteiger partial charge >= 0.3 is 137 Å². The van der Waals surface area contributed by atoms with Crippen LogP contribution in [0.5, 0.6) is 0 Å². The van der Waals surface area contributed by atoms with Gasteiger partial charge in [-0.2, -0.15) is 6.08 Å². The van der Waals surface area contributed by atoms with Gasteiger partial charge in [-0.3, -0.25) is 6.08 Å². The van der Waals surface area contributed by atoms with Gasteiger partial charge in [-0.25, -0.2) is 12.2 Å². The van der Waals surface area contributed by atoms with Crippen molar-refractivity contribution in [3.05, 3.63) is 160 Å². The second kappa shape index (κ2) is 15.3. The molecule has 0 atom stereocenters. The topological polar surface area (TPSA) is 0 Å². The Morgan fingerprint density at radius 3 is 1.34 bits per heavy atom. The Balaban J connectivity index is 0.000000183. The molecule has 0 fully saturated rings. The van der Waals surface area contributed by atoms with Crippen molar-refractivity contribution in [1.82, 2.24) is 0 Å². The van der Waals surface area contributed by atoms with Gasteiger partial charge in [0.1, 0.15) is 0 Å². The van der Waals surface area contributed by atoms with E-state index in [0.29, 0.717) is 3.21 Å². The van der Waals surface area contributed by atoms with Crippen LogP contribution in [-0.4, -0.2) is 3.21 Å². The normalized spacial score (nSPS) is 16.7. The molecule has 58 heavy (non-hydrogen) atoms. The zero-order valence-corrected chi connectivity index (χ0v) is 37.3. The van der Waals surface area contributed by atoms with E-state index in [1.807, 2.05) is 12.2 Å². The Labute approximate surface area is 354 Å². The monoisotopic (exact) mass is 866 g/mol. The number of rotatable bonds is 2. The molecule has 0 aliphatic heterocycles. The van der Waals surface area contributed by atoms with Crippen LogP contribution in [-0.2, 0) is 47.4 Å². The molecule has 0 spiro atoms. The summed E-state index contributed by atoms with van der Waals surface area (Å²) in [5.41, 5.74) is 8.18. The maximum atomic E-state index is 12.7. The average Bonchev–Trinajstić information content (AvgIpc) is 3.91. The van der Waals surface area contributed by atoms with E-state index in [-0.39, 0.29) is 32.8 Å². The Morgan fingerprint density at radius 2 is 1.03 bits per heavy atom. The first-order chi connectivity index (χ1) is 26.7. The fraction of sp³-hybridized carbons (Fsp3) is 0.333. The molecule has 0 heterocycles. The minimum absolute atomic E-state index is 0.0848. The molecule has 0 N–H and O–H groups in total. The van der Waals surface area contributed by atoms with Crippen LogP contribution in [0.25, 0.3) is 32.7 Å². The molecule has 0 saturated carbocycles. The number of allylic oxidation sites excluding steroid dienone is 8. The molecule has 5 aromatic carbocycles. The van der Waals surface area contributed by atoms with Crippen molar-refractivity contribution in [2.45, 2.75) is 98.8 Å². The first-order valence-electron chi connectivity index (χ1n) is 19.5. The van der Waals surface area contributed by atoms with Gasteiger partial charge in [-0.05, 0) is 33.1 Å². The Morgan fingerprint density at radius 1 is 0.621 bits per heavy atom. The van der Waals surface area contributed by atoms with E-state index in [9.17, 15) is 26.3 Å². The van der Waals surface area contributed by atoms with Crippen molar-refractivity contribution in [3.63, 3.8) is 0 Å². The van der Waals surface area contributed by atoms with E-state index in [4.69, 9.17) is 0 Å². The van der Waals surface area contributed by atoms with Crippen LogP contribution in [0.4, 0.5) is 26.3 Å². The van der Waals surface area contributed by atoms with Crippen LogP contribution >= 0.6 is 0 Å². The molecule has 0 radical (unpaired) electrons. The van der Waals surface area contributed by atoms with Gasteiger partial charge in [0.2, 0.25) is 0 Å². The van der Waals surface area contributed by atoms with Gasteiger partial charge < -0.3 is 0 Å². The third-order valence-corrected chi connectivity index (χ3v) is 12.5. The van der Waals surface area contributed by atoms with E-state index in [0.717, 1.165) is 54.9 Å². The smallest absolute Gasteiger partial charge is 0.109 e. The summed E-state index contributed by atoms with van der Waals surface area (Å²) in [6.07, 6.45) is 6.03. The molecule has 3 aliphatic rings. The minimum atomic E-state index is -4.49. The van der Waals surface area contributed by atoms with E-state index in [2.05, 4.69) is 124 Å². The summed E-state index contributed by atoms with van der Waals surface area (Å²) in [6.45, 7) is 23.5. The van der Waals surface area contributed by atoms with Crippen molar-refractivity contribution in [2.75, 3.05) is 0 Å². The maximum absolute atomic E-state index is 12.7. The summed E-state index contributed by atoms with van der Waals surface area (Å²) in [7, 11) is 0. The summed E-state index contributed by atoms with van der Waals surface area (Å²) in [5, 5.41) is 5.58. The molecule has 300 valence electrons. The Kier molecular flexibility index (Phi) is 11.5. The molecule has 0 aromatic heterocycles. The fourth-order valence-corrected chi connectivity index (χ4v) is 8.86. The molecule has 8 rings (SSSR count). The first kappa shape index (κ1) is 43.6. The van der Waals surface area contributed by atoms with Gasteiger partial charge in [-0.1, -0.05) is 105 Å². The molecule has 5 aromatic rings. The minimum Gasteiger partial charge on any atom is -0.273 e. The zero-order valence-electron chi connectivity index (χ0n) is 34.9. The number of alkyl halides is 6. The molecule has 0 bridgehead atoms. The number of hydrogen-bond donors (Lipinski definition) is 0. The largest absolute Gasteiger partial charge is 0.273 e. The van der Waals surface area contributed by atoms with Gasteiger partial charge in [-0.15, -0.1) is 46.2 Å². The van der Waals surface area contributed by atoms with Crippen molar-refractivity contribution in [1.29, 1.82) is 0 Å². The predicted molar refractivity (Wildman–Crippen MR) is 226 cm³/mol. The number of fused-ring (bicyclic) bond motifs is 5. The van der Waals surface area contributed by atoms with E-state index in [1.54, 1.807) is 0 Å². The average molecular weight is 868 g/mol. The predicted octanol–water partition coefficient (Wildman–Crippen LogP) is 15.3. The number of benzene rings is 4. The van der Waals surface area contributed by atoms with Crippen LogP contribution < -0.4 is 0 Å². The van der Waals surface area contributed by atoms with Crippen molar-refractivity contribution in [3.8, 4) is 0 Å². The summed E-state index contributed by atoms with van der Waals surface area (Å²) >= 11 is 0.729. The van der Waals surface area contributed by atoms with Crippen LogP contribution in [0, 0.1) is 16.9 Å². The van der Waals surface area contributed by atoms with Gasteiger partial charge in [0.05, 0.1) is 0 Å². The fourth-order valence-electron chi connectivity index (χ4n) is 8.10. The van der Waals surface area contributed by atoms with Crippen molar-refractivity contribution >= 4 is 35.9 Å². The molecule has 0 saturated heterocycles. The van der Waals surface area contributed by atoms with E-state index in [1.165, 1.54) is 79.2 Å². The maximum Gasteiger partial charge on any atom is -0.109 e. The number of hydrogen-bond acceptors (Lipinski definition) is 0. The van der Waals surface area contributed by atoms with Crippen molar-refractivity contribution < 1.29 is 50.6 Å². The number of halogens is 6. The summed E-state index contributed by atoms with van der Waals surface area (Å²) in [5.74, 6) is 0. The molecular formula is C51H50F6Zr. The SMILES string of the molecule is CC(C)(C)C1=CC(C)(C)c2cc3[cH-]c4cc5c(cc4c3cc21)C(C(C)(C)C)=CC5(C)C.FC(F)(F)c1cccc([C](=[Zr+2])c2cccc(C(F)(F)F)c2)c1.[C-]1=CC=CC1. The van der Waals surface area contributed by atoms with Gasteiger partial charge in [0.25, 0.3) is 0 Å². The summed E-state index contributed by atoms with van der Waals surface area (Å²) in [4.78, 5) is 0. The van der Waals surface area contributed by atoms with Crippen LogP contribution in [0.3, 0.4) is 0 Å². The van der Waals surface area contributed by atoms with Crippen LogP contribution in [0.1, 0.15) is 120 Å². The third kappa shape index (κ3) is 8.96. The van der Waals surface area contributed by atoms with E-state index < -0.39 is 23.5 Å². The molecule has 0 nitrogen and oxygen atoms in total. The summed E-state index contributed by atoms with van der Waals surface area (Å²) < 4.78 is 76.7. The molecule has 0 amide bonds. The Bertz CT molecular complexity index is 2360. The molecule has 0 unspecified atom stereocenters. The van der Waals surface area contributed by atoms with Gasteiger partial charge in [0, 0.05) is 10.8 Å². The molecule has 7 heteroatoms.